The van der Waals surface area contributed by atoms with E-state index in [1.165, 1.54) is 0 Å². The molecule has 3 aromatic heterocycles. The van der Waals surface area contributed by atoms with E-state index in [0.29, 0.717) is 35.1 Å². The van der Waals surface area contributed by atoms with Gasteiger partial charge in [0.25, 0.3) is 0 Å². The Morgan fingerprint density at radius 3 is 2.64 bits per heavy atom. The first-order valence-corrected chi connectivity index (χ1v) is 10.5. The van der Waals surface area contributed by atoms with E-state index in [1.54, 1.807) is 26.7 Å². The number of rotatable bonds is 7. The highest BCUT2D eigenvalue weighted by Gasteiger charge is 2.23. The average molecular weight is 449 g/mol. The largest absolute Gasteiger partial charge is 0.495 e. The molecule has 0 spiro atoms. The van der Waals surface area contributed by atoms with E-state index in [0.717, 1.165) is 28.0 Å². The summed E-state index contributed by atoms with van der Waals surface area (Å²) in [6, 6.07) is 5.72. The van der Waals surface area contributed by atoms with Gasteiger partial charge in [0.2, 0.25) is 5.95 Å². The molecule has 0 bridgehead atoms. The Morgan fingerprint density at radius 2 is 1.97 bits per heavy atom. The van der Waals surface area contributed by atoms with E-state index in [9.17, 15) is 0 Å². The van der Waals surface area contributed by atoms with E-state index in [2.05, 4.69) is 25.5 Å². The Morgan fingerprint density at radius 1 is 1.18 bits per heavy atom. The highest BCUT2D eigenvalue weighted by molar-refractivity contribution is 5.92. The molecule has 0 aliphatic carbocycles. The first kappa shape index (κ1) is 22.4. The first-order chi connectivity index (χ1) is 15.7. The van der Waals surface area contributed by atoms with Crippen LogP contribution in [0.2, 0.25) is 0 Å². The predicted octanol–water partition coefficient (Wildman–Crippen LogP) is 3.43. The zero-order valence-corrected chi connectivity index (χ0v) is 19.7. The van der Waals surface area contributed by atoms with E-state index in [4.69, 9.17) is 20.2 Å². The zero-order chi connectivity index (χ0) is 23.8. The molecule has 0 aliphatic rings. The molecule has 172 valence electrons. The molecule has 0 atom stereocenters. The smallest absolute Gasteiger partial charge is 0.228 e. The SMILES string of the molecule is COc1cc(-c2nncn2C)ccc1Nc1nc(CC(C)(C)OC)c2c(C)cnc(N)c2n1. The van der Waals surface area contributed by atoms with E-state index in [1.807, 2.05) is 50.6 Å². The molecule has 3 N–H and O–H groups in total. The fourth-order valence-corrected chi connectivity index (χ4v) is 3.66. The minimum Gasteiger partial charge on any atom is -0.495 e. The summed E-state index contributed by atoms with van der Waals surface area (Å²) < 4.78 is 13.1. The molecule has 0 saturated carbocycles. The lowest BCUT2D eigenvalue weighted by Crippen LogP contribution is -2.26. The van der Waals surface area contributed by atoms with Gasteiger partial charge in [-0.3, -0.25) is 0 Å². The van der Waals surface area contributed by atoms with E-state index in [-0.39, 0.29) is 0 Å². The van der Waals surface area contributed by atoms with Crippen LogP contribution in [-0.2, 0) is 18.2 Å². The summed E-state index contributed by atoms with van der Waals surface area (Å²) in [7, 11) is 5.19. The number of benzene rings is 1. The van der Waals surface area contributed by atoms with Gasteiger partial charge in [-0.25, -0.2) is 15.0 Å². The zero-order valence-electron chi connectivity index (χ0n) is 19.7. The molecule has 0 radical (unpaired) electrons. The topological polar surface area (TPSA) is 126 Å². The van der Waals surface area contributed by atoms with Crippen LogP contribution in [0.25, 0.3) is 22.3 Å². The Labute approximate surface area is 192 Å². The second-order valence-electron chi connectivity index (χ2n) is 8.49. The maximum Gasteiger partial charge on any atom is 0.228 e. The molecule has 4 rings (SSSR count). The van der Waals surface area contributed by atoms with Gasteiger partial charge in [0.05, 0.1) is 24.1 Å². The van der Waals surface area contributed by atoms with Gasteiger partial charge < -0.3 is 25.1 Å². The number of nitrogen functional groups attached to an aromatic ring is 1. The molecule has 33 heavy (non-hydrogen) atoms. The molecule has 3 heterocycles. The molecule has 0 saturated heterocycles. The summed E-state index contributed by atoms with van der Waals surface area (Å²) in [5.74, 6) is 2.10. The highest BCUT2D eigenvalue weighted by atomic mass is 16.5. The maximum atomic E-state index is 6.20. The van der Waals surface area contributed by atoms with Gasteiger partial charge in [-0.2, -0.15) is 0 Å². The van der Waals surface area contributed by atoms with Gasteiger partial charge in [-0.1, -0.05) is 0 Å². The summed E-state index contributed by atoms with van der Waals surface area (Å²) >= 11 is 0. The molecule has 1 aromatic carbocycles. The van der Waals surface area contributed by atoms with E-state index < -0.39 is 5.60 Å². The van der Waals surface area contributed by atoms with Gasteiger partial charge in [0.1, 0.15) is 23.4 Å². The first-order valence-electron chi connectivity index (χ1n) is 10.5. The molecule has 0 unspecified atom stereocenters. The predicted molar refractivity (Wildman–Crippen MR) is 128 cm³/mol. The van der Waals surface area contributed by atoms with Crippen molar-refractivity contribution in [1.82, 2.24) is 29.7 Å². The number of pyridine rings is 1. The van der Waals surface area contributed by atoms with Crippen molar-refractivity contribution in [3.8, 4) is 17.1 Å². The fourth-order valence-electron chi connectivity index (χ4n) is 3.66. The van der Waals surface area contributed by atoms with E-state index >= 15 is 0 Å². The van der Waals surface area contributed by atoms with Crippen LogP contribution < -0.4 is 15.8 Å². The minimum absolute atomic E-state index is 0.349. The number of nitrogens with one attached hydrogen (secondary N) is 1. The number of nitrogens with zero attached hydrogens (tertiary/aromatic N) is 6. The molecule has 0 amide bonds. The van der Waals surface area contributed by atoms with Crippen LogP contribution in [0.3, 0.4) is 0 Å². The monoisotopic (exact) mass is 448 g/mol. The van der Waals surface area contributed by atoms with Crippen LogP contribution in [0.5, 0.6) is 5.75 Å². The van der Waals surface area contributed by atoms with Crippen LogP contribution >= 0.6 is 0 Å². The molecule has 10 heteroatoms. The van der Waals surface area contributed by atoms with Gasteiger partial charge in [0, 0.05) is 37.7 Å². The number of nitrogens with two attached hydrogens (primary N) is 1. The molecular weight excluding hydrogens is 420 g/mol. The third-order valence-corrected chi connectivity index (χ3v) is 5.58. The van der Waals surface area contributed by atoms with Gasteiger partial charge in [-0.05, 0) is 44.5 Å². The summed E-state index contributed by atoms with van der Waals surface area (Å²) in [5, 5.41) is 12.3. The van der Waals surface area contributed by atoms with Crippen molar-refractivity contribution in [2.24, 2.45) is 7.05 Å². The molecule has 10 nitrogen and oxygen atoms in total. The van der Waals surface area contributed by atoms with Crippen molar-refractivity contribution in [2.75, 3.05) is 25.3 Å². The molecule has 4 aromatic rings. The average Bonchev–Trinajstić information content (AvgIpc) is 3.22. The standard InChI is InChI=1S/C23H28N8O2/c1-13-11-25-20(24)19-18(13)16(10-23(2,3)33-6)28-22(29-19)27-15-8-7-14(9-17(15)32-5)21-30-26-12-31(21)4/h7-9,11-12H,10H2,1-6H3,(H2,24,25)(H,27,28,29). The van der Waals surface area contributed by atoms with Crippen LogP contribution in [0.1, 0.15) is 25.1 Å². The van der Waals surface area contributed by atoms with Gasteiger partial charge >= 0.3 is 0 Å². The lowest BCUT2D eigenvalue weighted by molar-refractivity contribution is 0.0227. The highest BCUT2D eigenvalue weighted by Crippen LogP contribution is 2.33. The van der Waals surface area contributed by atoms with Crippen molar-refractivity contribution in [3.05, 3.63) is 42.0 Å². The number of aryl methyl sites for hydroxylation is 2. The number of aromatic nitrogens is 6. The van der Waals surface area contributed by atoms with Crippen LogP contribution in [0.4, 0.5) is 17.5 Å². The maximum absolute atomic E-state index is 6.20. The number of ether oxygens (including phenoxy) is 2. The van der Waals surface area contributed by atoms with Crippen LogP contribution in [0, 0.1) is 6.92 Å². The molecular formula is C23H28N8O2. The number of anilines is 3. The second kappa shape index (κ2) is 8.62. The summed E-state index contributed by atoms with van der Waals surface area (Å²) in [5.41, 5.74) is 9.75. The number of hydrogen-bond donors (Lipinski definition) is 2. The number of fused-ring (bicyclic) bond motifs is 1. The Bertz CT molecular complexity index is 1320. The lowest BCUT2D eigenvalue weighted by Gasteiger charge is -2.24. The fraction of sp³-hybridized carbons (Fsp3) is 0.348. The Hall–Kier alpha value is -3.79. The number of methoxy groups -OCH3 is 2. The van der Waals surface area contributed by atoms with Crippen molar-refractivity contribution in [2.45, 2.75) is 32.8 Å². The number of hydrogen-bond acceptors (Lipinski definition) is 9. The van der Waals surface area contributed by atoms with Gasteiger partial charge in [-0.15, -0.1) is 10.2 Å². The van der Waals surface area contributed by atoms with Crippen molar-refractivity contribution in [3.63, 3.8) is 0 Å². The third-order valence-electron chi connectivity index (χ3n) is 5.58. The van der Waals surface area contributed by atoms with Crippen molar-refractivity contribution in [1.29, 1.82) is 0 Å². The molecule has 0 aliphatic heterocycles. The molecule has 0 fully saturated rings. The normalized spacial score (nSPS) is 11.7. The quantitative estimate of drug-likeness (QED) is 0.437. The van der Waals surface area contributed by atoms with Crippen LogP contribution in [0.15, 0.2) is 30.7 Å². The minimum atomic E-state index is -0.418. The third kappa shape index (κ3) is 4.42. The summed E-state index contributed by atoms with van der Waals surface area (Å²) in [6.45, 7) is 6.01. The van der Waals surface area contributed by atoms with Crippen molar-refractivity contribution >= 4 is 28.4 Å². The second-order valence-corrected chi connectivity index (χ2v) is 8.49. The lowest BCUT2D eigenvalue weighted by atomic mass is 9.98. The Balaban J connectivity index is 1.79. The van der Waals surface area contributed by atoms with Crippen LogP contribution in [-0.4, -0.2) is 49.5 Å². The van der Waals surface area contributed by atoms with Crippen molar-refractivity contribution < 1.29 is 9.47 Å². The Kier molecular flexibility index (Phi) is 5.86. The summed E-state index contributed by atoms with van der Waals surface area (Å²) in [6.07, 6.45) is 3.97. The van der Waals surface area contributed by atoms with Gasteiger partial charge in [0.15, 0.2) is 5.82 Å². The summed E-state index contributed by atoms with van der Waals surface area (Å²) in [4.78, 5) is 13.8.